The van der Waals surface area contributed by atoms with Crippen LogP contribution in [0.1, 0.15) is 27.0 Å². The minimum absolute atomic E-state index is 0.183. The average molecular weight is 424 g/mol. The first-order chi connectivity index (χ1) is 15.6. The maximum atomic E-state index is 14.2. The Kier molecular flexibility index (Phi) is 4.63. The number of ether oxygens (including phenoxy) is 1. The lowest BCUT2D eigenvalue weighted by Crippen LogP contribution is -2.40. The highest BCUT2D eigenvalue weighted by molar-refractivity contribution is 6.52. The number of para-hydroxylation sites is 2. The van der Waals surface area contributed by atoms with Crippen LogP contribution in [-0.2, 0) is 26.3 Å². The number of hydrogen-bond donors (Lipinski definition) is 1. The first-order valence-corrected chi connectivity index (χ1v) is 10.2. The van der Waals surface area contributed by atoms with E-state index in [-0.39, 0.29) is 11.5 Å². The summed E-state index contributed by atoms with van der Waals surface area (Å²) in [5, 5.41) is 2.68. The van der Waals surface area contributed by atoms with Crippen LogP contribution in [0.4, 0.5) is 11.4 Å². The first kappa shape index (κ1) is 19.8. The van der Waals surface area contributed by atoms with Gasteiger partial charge in [0.05, 0.1) is 31.2 Å². The number of nitrogens with one attached hydrogen (secondary N) is 1. The second kappa shape index (κ2) is 7.50. The summed E-state index contributed by atoms with van der Waals surface area (Å²) in [6, 6.07) is 22.4. The van der Waals surface area contributed by atoms with Gasteiger partial charge in [-0.05, 0) is 29.3 Å². The number of carbonyl (C=O) groups excluding carboxylic acids is 3. The normalized spacial score (nSPS) is 19.3. The Morgan fingerprint density at radius 3 is 2.41 bits per heavy atom. The van der Waals surface area contributed by atoms with Gasteiger partial charge in [-0.15, -0.1) is 0 Å². The van der Waals surface area contributed by atoms with Gasteiger partial charge in [0.2, 0.25) is 5.91 Å². The Morgan fingerprint density at radius 1 is 0.906 bits per heavy atom. The van der Waals surface area contributed by atoms with E-state index in [1.807, 2.05) is 54.6 Å². The summed E-state index contributed by atoms with van der Waals surface area (Å²) in [5.41, 5.74) is 2.44. The summed E-state index contributed by atoms with van der Waals surface area (Å²) < 4.78 is 5.22. The highest BCUT2D eigenvalue weighted by atomic mass is 16.5. The van der Waals surface area contributed by atoms with E-state index in [2.05, 4.69) is 5.32 Å². The molecule has 158 valence electrons. The monoisotopic (exact) mass is 424 g/mol. The van der Waals surface area contributed by atoms with Gasteiger partial charge in [0.25, 0.3) is 11.7 Å². The fourth-order valence-electron chi connectivity index (χ4n) is 4.58. The quantitative estimate of drug-likeness (QED) is 0.499. The molecule has 2 heterocycles. The second-order valence-electron chi connectivity index (χ2n) is 7.75. The number of benzene rings is 3. The van der Waals surface area contributed by atoms with E-state index >= 15 is 0 Å². The van der Waals surface area contributed by atoms with Gasteiger partial charge < -0.3 is 15.0 Å². The lowest BCUT2D eigenvalue weighted by Gasteiger charge is -2.28. The third kappa shape index (κ3) is 2.76. The summed E-state index contributed by atoms with van der Waals surface area (Å²) in [7, 11) is 1.51. The molecule has 6 heteroatoms. The molecule has 0 bridgehead atoms. The molecule has 2 aliphatic heterocycles. The zero-order chi connectivity index (χ0) is 22.3. The van der Waals surface area contributed by atoms with Crippen molar-refractivity contribution in [2.45, 2.75) is 12.0 Å². The maximum absolute atomic E-state index is 14.2. The summed E-state index contributed by atoms with van der Waals surface area (Å²) in [5.74, 6) is -1.48. The molecule has 5 rings (SSSR count). The Labute approximate surface area is 185 Å². The van der Waals surface area contributed by atoms with Crippen LogP contribution in [0.25, 0.3) is 0 Å². The van der Waals surface area contributed by atoms with E-state index in [0.29, 0.717) is 17.8 Å². The Hall–Kier alpha value is -4.19. The highest BCUT2D eigenvalue weighted by Crippen LogP contribution is 2.50. The molecular formula is C26H20N2O4. The smallest absolute Gasteiger partial charge is 0.296 e. The fourth-order valence-corrected chi connectivity index (χ4v) is 4.58. The SMILES string of the molecule is CO/C=C/[C@@]1(c2cccc3c2NC(=O)C3=O)C(=O)N(Cc2ccccc2)c2ccccc21. The zero-order valence-corrected chi connectivity index (χ0v) is 17.4. The lowest BCUT2D eigenvalue weighted by atomic mass is 9.74. The predicted octanol–water partition coefficient (Wildman–Crippen LogP) is 3.81. The Morgan fingerprint density at radius 2 is 1.62 bits per heavy atom. The number of hydrogen-bond acceptors (Lipinski definition) is 4. The molecule has 3 aromatic rings. The van der Waals surface area contributed by atoms with Crippen molar-refractivity contribution < 1.29 is 19.1 Å². The molecule has 0 spiro atoms. The largest absolute Gasteiger partial charge is 0.505 e. The molecule has 32 heavy (non-hydrogen) atoms. The van der Waals surface area contributed by atoms with Crippen molar-refractivity contribution >= 4 is 29.0 Å². The van der Waals surface area contributed by atoms with Gasteiger partial charge in [-0.25, -0.2) is 0 Å². The summed E-state index contributed by atoms with van der Waals surface area (Å²) in [6.07, 6.45) is 3.17. The van der Waals surface area contributed by atoms with Gasteiger partial charge in [-0.3, -0.25) is 14.4 Å². The molecular weight excluding hydrogens is 404 g/mol. The highest BCUT2D eigenvalue weighted by Gasteiger charge is 2.52. The van der Waals surface area contributed by atoms with Crippen molar-refractivity contribution in [2.75, 3.05) is 17.3 Å². The first-order valence-electron chi connectivity index (χ1n) is 10.2. The molecule has 0 saturated carbocycles. The van der Waals surface area contributed by atoms with Crippen LogP contribution >= 0.6 is 0 Å². The zero-order valence-electron chi connectivity index (χ0n) is 17.4. The lowest BCUT2D eigenvalue weighted by molar-refractivity contribution is -0.120. The number of Topliss-reactive ketones (excluding diaryl/α,β-unsaturated/α-hetero) is 1. The van der Waals surface area contributed by atoms with Crippen molar-refractivity contribution in [1.29, 1.82) is 0 Å². The molecule has 2 aliphatic rings. The van der Waals surface area contributed by atoms with Crippen LogP contribution in [0.5, 0.6) is 0 Å². The molecule has 0 aromatic heterocycles. The third-order valence-electron chi connectivity index (χ3n) is 6.02. The third-order valence-corrected chi connectivity index (χ3v) is 6.02. The molecule has 6 nitrogen and oxygen atoms in total. The topological polar surface area (TPSA) is 75.7 Å². The van der Waals surface area contributed by atoms with Crippen molar-refractivity contribution in [3.63, 3.8) is 0 Å². The van der Waals surface area contributed by atoms with Crippen LogP contribution in [-0.4, -0.2) is 24.7 Å². The van der Waals surface area contributed by atoms with Gasteiger partial charge in [0.15, 0.2) is 0 Å². The van der Waals surface area contributed by atoms with Gasteiger partial charge in [-0.2, -0.15) is 0 Å². The average Bonchev–Trinajstić information content (AvgIpc) is 3.25. The van der Waals surface area contributed by atoms with Crippen molar-refractivity contribution in [1.82, 2.24) is 0 Å². The number of methoxy groups -OCH3 is 1. The summed E-state index contributed by atoms with van der Waals surface area (Å²) >= 11 is 0. The van der Waals surface area contributed by atoms with Crippen LogP contribution in [0.3, 0.4) is 0 Å². The van der Waals surface area contributed by atoms with Crippen LogP contribution in [0.15, 0.2) is 85.1 Å². The number of fused-ring (bicyclic) bond motifs is 2. The molecule has 0 radical (unpaired) electrons. The van der Waals surface area contributed by atoms with Gasteiger partial charge in [0.1, 0.15) is 5.41 Å². The summed E-state index contributed by atoms with van der Waals surface area (Å²) in [6.45, 7) is 0.388. The van der Waals surface area contributed by atoms with E-state index in [1.165, 1.54) is 13.4 Å². The van der Waals surface area contributed by atoms with E-state index in [4.69, 9.17) is 4.74 Å². The van der Waals surface area contributed by atoms with Gasteiger partial charge in [-0.1, -0.05) is 60.7 Å². The van der Waals surface area contributed by atoms with E-state index in [1.54, 1.807) is 29.2 Å². The predicted molar refractivity (Wildman–Crippen MR) is 120 cm³/mol. The van der Waals surface area contributed by atoms with E-state index in [9.17, 15) is 14.4 Å². The number of carbonyl (C=O) groups is 3. The van der Waals surface area contributed by atoms with Crippen molar-refractivity contribution in [2.24, 2.45) is 0 Å². The molecule has 1 N–H and O–H groups in total. The van der Waals surface area contributed by atoms with Gasteiger partial charge >= 0.3 is 0 Å². The van der Waals surface area contributed by atoms with E-state index in [0.717, 1.165) is 16.8 Å². The number of anilines is 2. The molecule has 3 aromatic carbocycles. The fraction of sp³-hybridized carbons (Fsp3) is 0.115. The minimum Gasteiger partial charge on any atom is -0.505 e. The molecule has 0 fully saturated rings. The molecule has 1 atom stereocenters. The molecule has 0 saturated heterocycles. The van der Waals surface area contributed by atoms with Gasteiger partial charge in [0, 0.05) is 11.3 Å². The van der Waals surface area contributed by atoms with Crippen molar-refractivity contribution in [3.8, 4) is 0 Å². The minimum atomic E-state index is -1.26. The summed E-state index contributed by atoms with van der Waals surface area (Å²) in [4.78, 5) is 40.4. The number of ketones is 1. The maximum Gasteiger partial charge on any atom is 0.296 e. The van der Waals surface area contributed by atoms with Crippen LogP contribution < -0.4 is 10.2 Å². The number of rotatable bonds is 5. The van der Waals surface area contributed by atoms with Crippen LogP contribution in [0.2, 0.25) is 0 Å². The Bertz CT molecular complexity index is 1280. The number of amides is 2. The van der Waals surface area contributed by atoms with Crippen LogP contribution in [0, 0.1) is 0 Å². The molecule has 0 unspecified atom stereocenters. The number of nitrogens with zero attached hydrogens (tertiary/aromatic N) is 1. The second-order valence-corrected chi connectivity index (χ2v) is 7.75. The molecule has 0 aliphatic carbocycles. The standard InChI is InChI=1S/C26H20N2O4/c1-32-15-14-26(20-12-7-10-18-22(20)27-24(30)23(18)29)19-11-5-6-13-21(19)28(25(26)31)16-17-8-3-2-4-9-17/h2-15H,16H2,1H3,(H,27,29,30)/b15-14+/t26-/m1/s1. The van der Waals surface area contributed by atoms with Crippen molar-refractivity contribution in [3.05, 3.63) is 107 Å². The molecule has 2 amide bonds. The Balaban J connectivity index is 1.75. The van der Waals surface area contributed by atoms with E-state index < -0.39 is 17.1 Å².